The number of ether oxygens (including phenoxy) is 2. The van der Waals surface area contributed by atoms with E-state index in [2.05, 4.69) is 60.4 Å². The number of hydrogen-bond donors (Lipinski definition) is 1. The van der Waals surface area contributed by atoms with Gasteiger partial charge in [-0.05, 0) is 75.0 Å². The van der Waals surface area contributed by atoms with Crippen LogP contribution in [-0.2, 0) is 9.53 Å². The summed E-state index contributed by atoms with van der Waals surface area (Å²) in [6.45, 7) is -0.190. The van der Waals surface area contributed by atoms with E-state index in [1.165, 1.54) is 36.8 Å². The van der Waals surface area contributed by atoms with Crippen molar-refractivity contribution in [2.45, 2.75) is 0 Å². The number of nitrogens with one attached hydrogen (secondary N) is 1. The second kappa shape index (κ2) is 10.3. The smallest absolute Gasteiger partial charge is 0.343 e. The molecular weight excluding hydrogens is 652 g/mol. The molecule has 3 rings (SSSR count). The number of hydrazone groups is 1. The summed E-state index contributed by atoms with van der Waals surface area (Å²) in [4.78, 5) is 34.4. The summed E-state index contributed by atoms with van der Waals surface area (Å²) in [6, 6.07) is 9.64. The number of amides is 1. The van der Waals surface area contributed by atoms with Gasteiger partial charge >= 0.3 is 5.97 Å². The number of benzene rings is 2. The predicted molar refractivity (Wildman–Crippen MR) is 133 cm³/mol. The largest absolute Gasteiger partial charge is 0.480 e. The van der Waals surface area contributed by atoms with Gasteiger partial charge in [0.1, 0.15) is 5.75 Å². The first kappa shape index (κ1) is 23.3. The lowest BCUT2D eigenvalue weighted by Crippen LogP contribution is -2.16. The summed E-state index contributed by atoms with van der Waals surface area (Å²) in [5.74, 6) is -0.328. The van der Waals surface area contributed by atoms with E-state index in [1.54, 1.807) is 24.3 Å². The molecule has 160 valence electrons. The Morgan fingerprint density at radius 1 is 1.23 bits per heavy atom. The van der Waals surface area contributed by atoms with E-state index in [1.807, 2.05) is 0 Å². The SMILES string of the molecule is COC(=O)COc1c(I)cc(/C=N\NC(=O)c2cc3cc([N+](=O)[O-])ccc3s2)cc1I. The Hall–Kier alpha value is -2.33. The Morgan fingerprint density at radius 3 is 2.58 bits per heavy atom. The summed E-state index contributed by atoms with van der Waals surface area (Å²) in [5, 5.41) is 15.5. The van der Waals surface area contributed by atoms with Crippen molar-refractivity contribution < 1.29 is 24.0 Å². The number of rotatable bonds is 7. The molecule has 2 aromatic carbocycles. The van der Waals surface area contributed by atoms with Crippen molar-refractivity contribution in [3.05, 3.63) is 64.1 Å². The number of methoxy groups -OCH3 is 1. The third-order valence-electron chi connectivity index (χ3n) is 3.90. The molecule has 3 aromatic rings. The number of fused-ring (bicyclic) bond motifs is 1. The van der Waals surface area contributed by atoms with Gasteiger partial charge in [-0.25, -0.2) is 10.2 Å². The van der Waals surface area contributed by atoms with Gasteiger partial charge in [0, 0.05) is 22.2 Å². The Labute approximate surface area is 207 Å². The van der Waals surface area contributed by atoms with E-state index in [-0.39, 0.29) is 12.3 Å². The Morgan fingerprint density at radius 2 is 1.94 bits per heavy atom. The van der Waals surface area contributed by atoms with Gasteiger partial charge < -0.3 is 9.47 Å². The monoisotopic (exact) mass is 665 g/mol. The van der Waals surface area contributed by atoms with Crippen molar-refractivity contribution >= 4 is 90.4 Å². The maximum atomic E-state index is 12.4. The lowest BCUT2D eigenvalue weighted by molar-refractivity contribution is -0.384. The zero-order valence-electron chi connectivity index (χ0n) is 15.8. The first-order valence-corrected chi connectivity index (χ1v) is 11.5. The molecule has 0 radical (unpaired) electrons. The topological polar surface area (TPSA) is 120 Å². The third kappa shape index (κ3) is 5.88. The highest BCUT2D eigenvalue weighted by molar-refractivity contribution is 14.1. The molecule has 0 saturated heterocycles. The summed E-state index contributed by atoms with van der Waals surface area (Å²) < 4.78 is 12.4. The van der Waals surface area contributed by atoms with Crippen LogP contribution in [0.15, 0.2) is 41.5 Å². The highest BCUT2D eigenvalue weighted by Gasteiger charge is 2.14. The van der Waals surface area contributed by atoms with Crippen LogP contribution in [0.4, 0.5) is 5.69 Å². The van der Waals surface area contributed by atoms with Crippen LogP contribution in [0.5, 0.6) is 5.75 Å². The average Bonchev–Trinajstić information content (AvgIpc) is 3.16. The average molecular weight is 665 g/mol. The first-order valence-electron chi connectivity index (χ1n) is 8.48. The van der Waals surface area contributed by atoms with Crippen molar-refractivity contribution in [2.24, 2.45) is 5.10 Å². The number of non-ortho nitro benzene ring substituents is 1. The molecule has 0 atom stereocenters. The molecule has 0 aliphatic rings. The molecule has 0 aliphatic carbocycles. The molecule has 1 N–H and O–H groups in total. The number of thiophene rings is 1. The van der Waals surface area contributed by atoms with Gasteiger partial charge in [0.2, 0.25) is 0 Å². The van der Waals surface area contributed by atoms with Gasteiger partial charge in [-0.1, -0.05) is 0 Å². The van der Waals surface area contributed by atoms with Crippen LogP contribution in [0.3, 0.4) is 0 Å². The number of nitrogens with zero attached hydrogens (tertiary/aromatic N) is 2. The number of nitro benzene ring substituents is 1. The summed E-state index contributed by atoms with van der Waals surface area (Å²) in [6.07, 6.45) is 1.49. The van der Waals surface area contributed by atoms with Gasteiger partial charge in [-0.2, -0.15) is 5.10 Å². The fourth-order valence-corrected chi connectivity index (χ4v) is 5.52. The number of hydrogen-bond acceptors (Lipinski definition) is 8. The third-order valence-corrected chi connectivity index (χ3v) is 6.61. The number of carbonyl (C=O) groups is 2. The zero-order chi connectivity index (χ0) is 22.5. The van der Waals surface area contributed by atoms with Gasteiger partial charge in [-0.15, -0.1) is 11.3 Å². The van der Waals surface area contributed by atoms with Gasteiger partial charge in [0.05, 0.1) is 30.3 Å². The molecule has 9 nitrogen and oxygen atoms in total. The van der Waals surface area contributed by atoms with E-state index >= 15 is 0 Å². The minimum atomic E-state index is -0.477. The molecule has 0 unspecified atom stereocenters. The Balaban J connectivity index is 1.68. The van der Waals surface area contributed by atoms with Crippen LogP contribution in [0.25, 0.3) is 10.1 Å². The second-order valence-corrected chi connectivity index (χ2v) is 9.38. The maximum Gasteiger partial charge on any atom is 0.343 e. The van der Waals surface area contributed by atoms with Crippen LogP contribution in [0.2, 0.25) is 0 Å². The van der Waals surface area contributed by atoms with Crippen molar-refractivity contribution in [1.82, 2.24) is 5.43 Å². The second-order valence-electron chi connectivity index (χ2n) is 5.97. The molecular formula is C19H13I2N3O6S. The summed E-state index contributed by atoms with van der Waals surface area (Å²) >= 11 is 5.39. The minimum absolute atomic E-state index is 0.0292. The van der Waals surface area contributed by atoms with Crippen molar-refractivity contribution in [3.8, 4) is 5.75 Å². The summed E-state index contributed by atoms with van der Waals surface area (Å²) in [7, 11) is 1.29. The van der Waals surface area contributed by atoms with E-state index < -0.39 is 16.8 Å². The molecule has 31 heavy (non-hydrogen) atoms. The molecule has 12 heteroatoms. The number of carbonyl (C=O) groups excluding carboxylic acids is 2. The fourth-order valence-electron chi connectivity index (χ4n) is 2.46. The molecule has 0 bridgehead atoms. The van der Waals surface area contributed by atoms with E-state index in [4.69, 9.17) is 4.74 Å². The molecule has 1 heterocycles. The van der Waals surface area contributed by atoms with Crippen molar-refractivity contribution in [2.75, 3.05) is 13.7 Å². The highest BCUT2D eigenvalue weighted by Crippen LogP contribution is 2.30. The number of esters is 1. The van der Waals surface area contributed by atoms with Crippen LogP contribution in [0.1, 0.15) is 15.2 Å². The maximum absolute atomic E-state index is 12.4. The standard InChI is InChI=1S/C19H13I2N3O6S/c1-29-17(25)9-30-18-13(20)4-10(5-14(18)21)8-22-23-19(26)16-7-11-6-12(24(27)28)2-3-15(11)31-16/h2-8H,9H2,1H3,(H,23,26)/b22-8-. The summed E-state index contributed by atoms with van der Waals surface area (Å²) in [5.41, 5.74) is 3.16. The van der Waals surface area contributed by atoms with Crippen LogP contribution < -0.4 is 10.2 Å². The molecule has 0 fully saturated rings. The van der Waals surface area contributed by atoms with Gasteiger partial charge in [-0.3, -0.25) is 14.9 Å². The predicted octanol–water partition coefficient (Wildman–Crippen LogP) is 4.33. The van der Waals surface area contributed by atoms with Crippen LogP contribution in [0, 0.1) is 17.3 Å². The van der Waals surface area contributed by atoms with Crippen molar-refractivity contribution in [3.63, 3.8) is 0 Å². The zero-order valence-corrected chi connectivity index (χ0v) is 20.9. The molecule has 0 aliphatic heterocycles. The normalized spacial score (nSPS) is 10.9. The highest BCUT2D eigenvalue weighted by atomic mass is 127. The minimum Gasteiger partial charge on any atom is -0.480 e. The first-order chi connectivity index (χ1) is 14.8. The molecule has 1 amide bonds. The van der Waals surface area contributed by atoms with Crippen molar-refractivity contribution in [1.29, 1.82) is 0 Å². The van der Waals surface area contributed by atoms with Crippen LogP contribution >= 0.6 is 56.5 Å². The Kier molecular flexibility index (Phi) is 7.77. The molecule has 0 spiro atoms. The van der Waals surface area contributed by atoms with Gasteiger partial charge in [0.15, 0.2) is 6.61 Å². The lowest BCUT2D eigenvalue weighted by atomic mass is 10.2. The van der Waals surface area contributed by atoms with Gasteiger partial charge in [0.25, 0.3) is 11.6 Å². The molecule has 1 aromatic heterocycles. The fraction of sp³-hybridized carbons (Fsp3) is 0.105. The number of halogens is 2. The van der Waals surface area contributed by atoms with E-state index in [9.17, 15) is 19.7 Å². The van der Waals surface area contributed by atoms with E-state index in [0.29, 0.717) is 16.0 Å². The Bertz CT molecular complexity index is 1190. The quantitative estimate of drug-likeness (QED) is 0.132. The molecule has 0 saturated carbocycles. The van der Waals surface area contributed by atoms with E-state index in [0.717, 1.165) is 17.4 Å². The number of nitro groups is 1. The lowest BCUT2D eigenvalue weighted by Gasteiger charge is -2.10. The van der Waals surface area contributed by atoms with Crippen LogP contribution in [-0.4, -0.2) is 36.7 Å².